The summed E-state index contributed by atoms with van der Waals surface area (Å²) in [4.78, 5) is 25.9. The molecule has 2 aliphatic rings. The number of hydrogen-bond acceptors (Lipinski definition) is 7. The van der Waals surface area contributed by atoms with Gasteiger partial charge in [0.25, 0.3) is 5.89 Å². The second-order valence-corrected chi connectivity index (χ2v) is 7.74. The average molecular weight is 359 g/mol. The van der Waals surface area contributed by atoms with E-state index in [-0.39, 0.29) is 23.3 Å². The molecule has 1 aromatic heterocycles. The van der Waals surface area contributed by atoms with Crippen LogP contribution >= 0.6 is 11.8 Å². The number of ether oxygens (including phenoxy) is 1. The number of esters is 1. The lowest BCUT2D eigenvalue weighted by molar-refractivity contribution is -0.155. The van der Waals surface area contributed by atoms with E-state index in [1.807, 2.05) is 37.3 Å². The van der Waals surface area contributed by atoms with Crippen LogP contribution in [0.3, 0.4) is 0 Å². The zero-order valence-corrected chi connectivity index (χ0v) is 14.5. The molecule has 3 heterocycles. The average Bonchev–Trinajstić information content (AvgIpc) is 3.30. The minimum Gasteiger partial charge on any atom is -0.454 e. The van der Waals surface area contributed by atoms with Crippen LogP contribution in [0, 0.1) is 0 Å². The van der Waals surface area contributed by atoms with Gasteiger partial charge in [-0.3, -0.25) is 4.79 Å². The van der Waals surface area contributed by atoms with E-state index in [0.29, 0.717) is 18.1 Å². The van der Waals surface area contributed by atoms with Gasteiger partial charge < -0.3 is 14.1 Å². The van der Waals surface area contributed by atoms with Crippen LogP contribution in [0.1, 0.15) is 25.7 Å². The Labute approximate surface area is 148 Å². The first-order valence-electron chi connectivity index (χ1n) is 8.07. The Bertz CT molecular complexity index is 809. The molecule has 0 unspecified atom stereocenters. The number of thioether (sulfide) groups is 1. The van der Waals surface area contributed by atoms with E-state index in [1.165, 1.54) is 0 Å². The van der Waals surface area contributed by atoms with Gasteiger partial charge in [-0.25, -0.2) is 4.79 Å². The van der Waals surface area contributed by atoms with E-state index < -0.39 is 12.0 Å². The topological polar surface area (TPSA) is 85.5 Å². The Kier molecular flexibility index (Phi) is 3.99. The highest BCUT2D eigenvalue weighted by Gasteiger charge is 2.53. The Morgan fingerprint density at radius 2 is 2.20 bits per heavy atom. The van der Waals surface area contributed by atoms with Crippen LogP contribution in [0.4, 0.5) is 0 Å². The molecule has 2 saturated heterocycles. The molecule has 0 aliphatic carbocycles. The number of aromatic nitrogens is 2. The van der Waals surface area contributed by atoms with E-state index >= 15 is 0 Å². The van der Waals surface area contributed by atoms with Crippen molar-refractivity contribution >= 4 is 23.6 Å². The molecule has 2 aliphatic heterocycles. The van der Waals surface area contributed by atoms with E-state index in [4.69, 9.17) is 9.15 Å². The zero-order valence-electron chi connectivity index (χ0n) is 13.7. The third kappa shape index (κ3) is 2.90. The number of fused-ring (bicyclic) bond motifs is 1. The minimum absolute atomic E-state index is 0.0126. The van der Waals surface area contributed by atoms with Crippen LogP contribution < -0.4 is 0 Å². The Hall–Kier alpha value is -2.35. The molecule has 7 nitrogen and oxygen atoms in total. The molecule has 1 aromatic carbocycles. The van der Waals surface area contributed by atoms with Gasteiger partial charge in [0.2, 0.25) is 11.8 Å². The molecule has 2 fully saturated rings. The highest BCUT2D eigenvalue weighted by atomic mass is 32.2. The molecule has 8 heteroatoms. The fraction of sp³-hybridized carbons (Fsp3) is 0.412. The standard InChI is InChI=1S/C17H17N3O4S/c1-17-8-7-14(21)20(17)12(10-25-17)16(22)23-9-13-18-19-15(24-13)11-5-3-2-4-6-11/h2-6,12H,7-10H2,1H3/t12-,17-/m0/s1. The van der Waals surface area contributed by atoms with E-state index in [1.54, 1.807) is 16.7 Å². The maximum atomic E-state index is 12.4. The maximum Gasteiger partial charge on any atom is 0.330 e. The lowest BCUT2D eigenvalue weighted by atomic mass is 10.2. The highest BCUT2D eigenvalue weighted by Crippen LogP contribution is 2.47. The number of carbonyl (C=O) groups is 2. The van der Waals surface area contributed by atoms with Gasteiger partial charge in [0, 0.05) is 17.7 Å². The molecule has 2 aromatic rings. The number of benzene rings is 1. The van der Waals surface area contributed by atoms with Gasteiger partial charge in [0.05, 0.1) is 4.87 Å². The SMILES string of the molecule is C[C@]12CCC(=O)N1[C@H](C(=O)OCc1nnc(-c3ccccc3)o1)CS2. The van der Waals surface area contributed by atoms with Crippen LogP contribution in [-0.4, -0.2) is 43.6 Å². The Morgan fingerprint density at radius 3 is 3.00 bits per heavy atom. The predicted octanol–water partition coefficient (Wildman–Crippen LogP) is 2.23. The first kappa shape index (κ1) is 16.1. The smallest absolute Gasteiger partial charge is 0.330 e. The van der Waals surface area contributed by atoms with Gasteiger partial charge in [0.15, 0.2) is 6.61 Å². The monoisotopic (exact) mass is 359 g/mol. The van der Waals surface area contributed by atoms with Crippen LogP contribution in [0.2, 0.25) is 0 Å². The van der Waals surface area contributed by atoms with Gasteiger partial charge >= 0.3 is 5.97 Å². The van der Waals surface area contributed by atoms with Gasteiger partial charge in [-0.1, -0.05) is 18.2 Å². The van der Waals surface area contributed by atoms with Crippen LogP contribution in [-0.2, 0) is 20.9 Å². The summed E-state index contributed by atoms with van der Waals surface area (Å²) in [7, 11) is 0. The van der Waals surface area contributed by atoms with Gasteiger partial charge in [-0.05, 0) is 25.5 Å². The lowest BCUT2D eigenvalue weighted by Gasteiger charge is -2.29. The summed E-state index contributed by atoms with van der Waals surface area (Å²) in [5.74, 6) is 0.753. The summed E-state index contributed by atoms with van der Waals surface area (Å²) in [6, 6.07) is 8.83. The van der Waals surface area contributed by atoms with Crippen molar-refractivity contribution < 1.29 is 18.7 Å². The molecule has 2 atom stereocenters. The first-order valence-corrected chi connectivity index (χ1v) is 9.06. The molecule has 0 spiro atoms. The van der Waals surface area contributed by atoms with Crippen molar-refractivity contribution in [1.82, 2.24) is 15.1 Å². The van der Waals surface area contributed by atoms with Crippen LogP contribution in [0.5, 0.6) is 0 Å². The molecular formula is C17H17N3O4S. The third-order valence-electron chi connectivity index (χ3n) is 4.54. The predicted molar refractivity (Wildman–Crippen MR) is 90.3 cm³/mol. The first-order chi connectivity index (χ1) is 12.1. The van der Waals surface area contributed by atoms with Crippen LogP contribution in [0.15, 0.2) is 34.7 Å². The van der Waals surface area contributed by atoms with Crippen molar-refractivity contribution in [2.45, 2.75) is 37.3 Å². The summed E-state index contributed by atoms with van der Waals surface area (Å²) in [6.45, 7) is 1.90. The van der Waals surface area contributed by atoms with E-state index in [9.17, 15) is 9.59 Å². The highest BCUT2D eigenvalue weighted by molar-refractivity contribution is 8.01. The van der Waals surface area contributed by atoms with Gasteiger partial charge in [0.1, 0.15) is 6.04 Å². The molecule has 0 bridgehead atoms. The number of carbonyl (C=O) groups excluding carboxylic acids is 2. The second kappa shape index (κ2) is 6.18. The molecule has 0 N–H and O–H groups in total. The van der Waals surface area contributed by atoms with Crippen molar-refractivity contribution in [3.8, 4) is 11.5 Å². The van der Waals surface area contributed by atoms with Crippen molar-refractivity contribution in [2.75, 3.05) is 5.75 Å². The maximum absolute atomic E-state index is 12.4. The number of nitrogens with zero attached hydrogens (tertiary/aromatic N) is 3. The molecule has 0 saturated carbocycles. The molecule has 4 rings (SSSR count). The lowest BCUT2D eigenvalue weighted by Crippen LogP contribution is -2.46. The van der Waals surface area contributed by atoms with E-state index in [0.717, 1.165) is 12.0 Å². The fourth-order valence-electron chi connectivity index (χ4n) is 3.23. The summed E-state index contributed by atoms with van der Waals surface area (Å²) >= 11 is 1.63. The molecule has 0 radical (unpaired) electrons. The number of rotatable bonds is 4. The molecule has 1 amide bonds. The molecule has 25 heavy (non-hydrogen) atoms. The van der Waals surface area contributed by atoms with Gasteiger partial charge in [-0.2, -0.15) is 0 Å². The largest absolute Gasteiger partial charge is 0.454 e. The summed E-state index contributed by atoms with van der Waals surface area (Å²) in [5.41, 5.74) is 0.804. The zero-order chi connectivity index (χ0) is 17.4. The van der Waals surface area contributed by atoms with Crippen molar-refractivity contribution in [2.24, 2.45) is 0 Å². The summed E-state index contributed by atoms with van der Waals surface area (Å²) in [5, 5.41) is 7.87. The minimum atomic E-state index is -0.540. The summed E-state index contributed by atoms with van der Waals surface area (Å²) < 4.78 is 10.8. The number of hydrogen-bond donors (Lipinski definition) is 0. The Balaban J connectivity index is 1.40. The fourth-order valence-corrected chi connectivity index (χ4v) is 4.65. The van der Waals surface area contributed by atoms with Crippen molar-refractivity contribution in [3.63, 3.8) is 0 Å². The third-order valence-corrected chi connectivity index (χ3v) is 6.05. The van der Waals surface area contributed by atoms with Crippen molar-refractivity contribution in [3.05, 3.63) is 36.2 Å². The molecule has 130 valence electrons. The van der Waals surface area contributed by atoms with Gasteiger partial charge in [-0.15, -0.1) is 22.0 Å². The number of amides is 1. The normalized spacial score (nSPS) is 25.2. The quantitative estimate of drug-likeness (QED) is 0.774. The second-order valence-electron chi connectivity index (χ2n) is 6.24. The van der Waals surface area contributed by atoms with E-state index in [2.05, 4.69) is 10.2 Å². The van der Waals surface area contributed by atoms with Crippen LogP contribution in [0.25, 0.3) is 11.5 Å². The molecular weight excluding hydrogens is 342 g/mol. The van der Waals surface area contributed by atoms with Crippen molar-refractivity contribution in [1.29, 1.82) is 0 Å². The Morgan fingerprint density at radius 1 is 1.40 bits per heavy atom. The summed E-state index contributed by atoms with van der Waals surface area (Å²) in [6.07, 6.45) is 1.25.